The monoisotopic (exact) mass is 461 g/mol. The molecule has 1 aliphatic rings. The molecule has 0 fully saturated rings. The average Bonchev–Trinajstić information content (AvgIpc) is 3.27. The third kappa shape index (κ3) is 5.79. The maximum absolute atomic E-state index is 14.1. The first-order valence-corrected chi connectivity index (χ1v) is 12.1. The molecule has 0 saturated carbocycles. The van der Waals surface area contributed by atoms with E-state index in [4.69, 9.17) is 4.74 Å². The zero-order chi connectivity index (χ0) is 23.1. The van der Waals surface area contributed by atoms with Gasteiger partial charge in [0.05, 0.1) is 6.04 Å². The molecule has 1 aliphatic heterocycles. The minimum absolute atomic E-state index is 0.00580. The number of benzene rings is 1. The van der Waals surface area contributed by atoms with E-state index in [0.29, 0.717) is 19.6 Å². The number of halogens is 1. The van der Waals surface area contributed by atoms with Crippen molar-refractivity contribution in [2.24, 2.45) is 5.92 Å². The van der Waals surface area contributed by atoms with Gasteiger partial charge in [0.2, 0.25) is 5.91 Å². The van der Waals surface area contributed by atoms with Crippen LogP contribution in [0, 0.1) is 11.7 Å². The minimum atomic E-state index is -0.428. The summed E-state index contributed by atoms with van der Waals surface area (Å²) < 4.78 is 19.9. The van der Waals surface area contributed by atoms with Crippen LogP contribution in [0.2, 0.25) is 0 Å². The lowest BCUT2D eigenvalue weighted by Crippen LogP contribution is -2.50. The quantitative estimate of drug-likeness (QED) is 0.599. The summed E-state index contributed by atoms with van der Waals surface area (Å²) in [6.07, 6.45) is 1.69. The Bertz CT molecular complexity index is 919. The number of rotatable bonds is 9. The number of amides is 3. The van der Waals surface area contributed by atoms with E-state index in [0.717, 1.165) is 18.4 Å². The molecule has 2 aromatic rings. The number of carbonyl (C=O) groups is 2. The van der Waals surface area contributed by atoms with Gasteiger partial charge in [0.1, 0.15) is 13.2 Å². The van der Waals surface area contributed by atoms with E-state index < -0.39 is 5.82 Å². The number of thiophene rings is 1. The van der Waals surface area contributed by atoms with Crippen LogP contribution in [0.1, 0.15) is 43.7 Å². The smallest absolute Gasteiger partial charge is 0.317 e. The Morgan fingerprint density at radius 1 is 1.31 bits per heavy atom. The number of hydrogen-bond donors (Lipinski definition) is 1. The van der Waals surface area contributed by atoms with Crippen molar-refractivity contribution in [3.05, 3.63) is 52.0 Å². The fourth-order valence-electron chi connectivity index (χ4n) is 3.85. The number of ether oxygens (including phenoxy) is 1. The molecule has 1 aromatic heterocycles. The van der Waals surface area contributed by atoms with Crippen LogP contribution < -0.4 is 10.1 Å². The SMILES string of the molecule is CCNC(=O)N(CC(=O)N1CCc2sccc2[C@@H]1COc1ccccc1F)C[C@@H](C)CC. The molecule has 3 amide bonds. The van der Waals surface area contributed by atoms with Gasteiger partial charge in [0.15, 0.2) is 11.6 Å². The Balaban J connectivity index is 1.77. The molecular weight excluding hydrogens is 429 g/mol. The third-order valence-electron chi connectivity index (χ3n) is 5.82. The molecule has 8 heteroatoms. The number of fused-ring (bicyclic) bond motifs is 1. The van der Waals surface area contributed by atoms with Crippen molar-refractivity contribution in [2.45, 2.75) is 39.7 Å². The van der Waals surface area contributed by atoms with Gasteiger partial charge in [-0.1, -0.05) is 32.4 Å². The number of nitrogens with zero attached hydrogens (tertiary/aromatic N) is 2. The maximum Gasteiger partial charge on any atom is 0.317 e. The van der Waals surface area contributed by atoms with Crippen molar-refractivity contribution < 1.29 is 18.7 Å². The van der Waals surface area contributed by atoms with E-state index in [1.54, 1.807) is 39.3 Å². The molecule has 0 saturated heterocycles. The molecule has 1 N–H and O–H groups in total. The van der Waals surface area contributed by atoms with Gasteiger partial charge in [0.25, 0.3) is 0 Å². The number of carbonyl (C=O) groups excluding carboxylic acids is 2. The van der Waals surface area contributed by atoms with Crippen LogP contribution in [-0.4, -0.2) is 54.5 Å². The van der Waals surface area contributed by atoms with Crippen LogP contribution >= 0.6 is 11.3 Å². The lowest BCUT2D eigenvalue weighted by molar-refractivity contribution is -0.135. The van der Waals surface area contributed by atoms with Gasteiger partial charge in [-0.2, -0.15) is 0 Å². The van der Waals surface area contributed by atoms with Gasteiger partial charge in [-0.3, -0.25) is 4.79 Å². The molecule has 0 unspecified atom stereocenters. The van der Waals surface area contributed by atoms with Gasteiger partial charge in [-0.05, 0) is 48.4 Å². The molecule has 3 rings (SSSR count). The molecule has 174 valence electrons. The van der Waals surface area contributed by atoms with Crippen LogP contribution in [0.4, 0.5) is 9.18 Å². The molecule has 2 atom stereocenters. The summed E-state index contributed by atoms with van der Waals surface area (Å²) >= 11 is 1.66. The first kappa shape index (κ1) is 24.0. The van der Waals surface area contributed by atoms with Crippen molar-refractivity contribution in [2.75, 3.05) is 32.8 Å². The Morgan fingerprint density at radius 3 is 2.81 bits per heavy atom. The Labute approximate surface area is 193 Å². The standard InChI is InChI=1S/C24H32FN3O3S/c1-4-17(3)14-27(24(30)26-5-2)15-23(29)28-12-10-22-18(11-13-32-22)20(28)16-31-21-9-7-6-8-19(21)25/h6-9,11,13,17,20H,4-5,10,12,14-16H2,1-3H3,(H,26,30)/t17-,20-/m0/s1. The van der Waals surface area contributed by atoms with Crippen molar-refractivity contribution in [1.29, 1.82) is 0 Å². The summed E-state index contributed by atoms with van der Waals surface area (Å²) in [7, 11) is 0. The molecule has 32 heavy (non-hydrogen) atoms. The highest BCUT2D eigenvalue weighted by Crippen LogP contribution is 2.34. The molecule has 6 nitrogen and oxygen atoms in total. The van der Waals surface area contributed by atoms with Gasteiger partial charge >= 0.3 is 6.03 Å². The normalized spacial score (nSPS) is 16.2. The van der Waals surface area contributed by atoms with Crippen LogP contribution in [0.5, 0.6) is 5.75 Å². The largest absolute Gasteiger partial charge is 0.488 e. The summed E-state index contributed by atoms with van der Waals surface area (Å²) in [5.74, 6) is -0.0976. The van der Waals surface area contributed by atoms with Gasteiger partial charge in [0, 0.05) is 24.5 Å². The molecule has 1 aromatic carbocycles. The van der Waals surface area contributed by atoms with Crippen molar-refractivity contribution in [3.63, 3.8) is 0 Å². The van der Waals surface area contributed by atoms with Gasteiger partial charge < -0.3 is 19.9 Å². The second kappa shape index (κ2) is 11.3. The molecule has 0 radical (unpaired) electrons. The summed E-state index contributed by atoms with van der Waals surface area (Å²) in [5, 5.41) is 4.82. The van der Waals surface area contributed by atoms with Crippen molar-refractivity contribution >= 4 is 23.3 Å². The Morgan fingerprint density at radius 2 is 2.09 bits per heavy atom. The number of para-hydroxylation sites is 1. The fraction of sp³-hybridized carbons (Fsp3) is 0.500. The predicted molar refractivity (Wildman–Crippen MR) is 124 cm³/mol. The number of nitrogens with one attached hydrogen (secondary N) is 1. The molecule has 0 aliphatic carbocycles. The van der Waals surface area contributed by atoms with Crippen LogP contribution in [0.25, 0.3) is 0 Å². The molecule has 0 bridgehead atoms. The van der Waals surface area contributed by atoms with Crippen molar-refractivity contribution in [1.82, 2.24) is 15.1 Å². The molecule has 2 heterocycles. The zero-order valence-electron chi connectivity index (χ0n) is 19.0. The van der Waals surface area contributed by atoms with E-state index in [1.807, 2.05) is 18.4 Å². The number of urea groups is 1. The van der Waals surface area contributed by atoms with E-state index in [-0.39, 0.29) is 42.8 Å². The Kier molecular flexibility index (Phi) is 8.50. The topological polar surface area (TPSA) is 61.9 Å². The zero-order valence-corrected chi connectivity index (χ0v) is 19.8. The van der Waals surface area contributed by atoms with E-state index >= 15 is 0 Å². The maximum atomic E-state index is 14.1. The lowest BCUT2D eigenvalue weighted by atomic mass is 10.00. The van der Waals surface area contributed by atoms with Gasteiger partial charge in [-0.25, -0.2) is 9.18 Å². The third-order valence-corrected chi connectivity index (χ3v) is 6.82. The minimum Gasteiger partial charge on any atom is -0.488 e. The van der Waals surface area contributed by atoms with Crippen LogP contribution in [0.15, 0.2) is 35.7 Å². The fourth-order valence-corrected chi connectivity index (χ4v) is 4.78. The van der Waals surface area contributed by atoms with Crippen LogP contribution in [-0.2, 0) is 11.2 Å². The van der Waals surface area contributed by atoms with E-state index in [2.05, 4.69) is 19.2 Å². The highest BCUT2D eigenvalue weighted by molar-refractivity contribution is 7.10. The average molecular weight is 462 g/mol. The second-order valence-corrected chi connectivity index (χ2v) is 9.12. The number of hydrogen-bond acceptors (Lipinski definition) is 4. The van der Waals surface area contributed by atoms with E-state index in [9.17, 15) is 14.0 Å². The van der Waals surface area contributed by atoms with E-state index in [1.165, 1.54) is 10.9 Å². The summed E-state index contributed by atoms with van der Waals surface area (Å²) in [5.41, 5.74) is 1.04. The van der Waals surface area contributed by atoms with Crippen molar-refractivity contribution in [3.8, 4) is 5.75 Å². The summed E-state index contributed by atoms with van der Waals surface area (Å²) in [4.78, 5) is 30.6. The lowest BCUT2D eigenvalue weighted by Gasteiger charge is -2.37. The first-order chi connectivity index (χ1) is 15.4. The predicted octanol–water partition coefficient (Wildman–Crippen LogP) is 4.47. The first-order valence-electron chi connectivity index (χ1n) is 11.2. The Hall–Kier alpha value is -2.61. The molecular formula is C24H32FN3O3S. The summed E-state index contributed by atoms with van der Waals surface area (Å²) in [6.45, 7) is 7.73. The highest BCUT2D eigenvalue weighted by Gasteiger charge is 2.33. The summed E-state index contributed by atoms with van der Waals surface area (Å²) in [6, 6.07) is 7.73. The highest BCUT2D eigenvalue weighted by atomic mass is 32.1. The second-order valence-electron chi connectivity index (χ2n) is 8.12. The van der Waals surface area contributed by atoms with Gasteiger partial charge in [-0.15, -0.1) is 11.3 Å². The van der Waals surface area contributed by atoms with Crippen LogP contribution in [0.3, 0.4) is 0 Å². The molecule has 0 spiro atoms.